The molecule has 2 aromatic rings. The van der Waals surface area contributed by atoms with Gasteiger partial charge in [0.2, 0.25) is 0 Å². The van der Waals surface area contributed by atoms with Crippen LogP contribution in [0.5, 0.6) is 0 Å². The molecule has 0 aromatic heterocycles. The number of unbranched alkanes of at least 4 members (excludes halogenated alkanes) is 3. The summed E-state index contributed by atoms with van der Waals surface area (Å²) in [6.07, 6.45) is 9.64. The summed E-state index contributed by atoms with van der Waals surface area (Å²) in [6.45, 7) is 11.0. The Morgan fingerprint density at radius 2 is 1.43 bits per heavy atom. The fraction of sp³-hybridized carbons (Fsp3) is 0.625. The van der Waals surface area contributed by atoms with Crippen LogP contribution in [0.1, 0.15) is 70.4 Å². The number of nitrogens with two attached hydrogens (primary N) is 1. The first kappa shape index (κ1) is 28.8. The molecule has 4 nitrogen and oxygen atoms in total. The predicted molar refractivity (Wildman–Crippen MR) is 163 cm³/mol. The van der Waals surface area contributed by atoms with Crippen LogP contribution < -0.4 is 14.2 Å². The van der Waals surface area contributed by atoms with Gasteiger partial charge in [-0.05, 0) is 0 Å². The van der Waals surface area contributed by atoms with E-state index in [9.17, 15) is 5.11 Å². The van der Waals surface area contributed by atoms with E-state index in [1.807, 2.05) is 12.1 Å². The maximum atomic E-state index is 11.6. The molecular weight excluding hydrogens is 561 g/mol. The molecule has 1 heterocycles. The summed E-state index contributed by atoms with van der Waals surface area (Å²) in [4.78, 5) is 4.96. The second-order valence-corrected chi connectivity index (χ2v) is 24.8. The summed E-state index contributed by atoms with van der Waals surface area (Å²) in [5, 5.41) is 11.6. The summed E-state index contributed by atoms with van der Waals surface area (Å²) < 4.78 is 6.26. The van der Waals surface area contributed by atoms with Gasteiger partial charge < -0.3 is 0 Å². The summed E-state index contributed by atoms with van der Waals surface area (Å²) in [5.74, 6) is 0. The van der Waals surface area contributed by atoms with Crippen molar-refractivity contribution in [3.05, 3.63) is 53.6 Å². The van der Waals surface area contributed by atoms with Gasteiger partial charge in [-0.1, -0.05) is 6.07 Å². The first-order valence-corrected chi connectivity index (χ1v) is 22.6. The molecule has 2 aliphatic rings. The third-order valence-electron chi connectivity index (χ3n) is 9.22. The van der Waals surface area contributed by atoms with Crippen molar-refractivity contribution in [3.63, 3.8) is 0 Å². The van der Waals surface area contributed by atoms with Crippen molar-refractivity contribution in [2.45, 2.75) is 97.6 Å². The van der Waals surface area contributed by atoms with E-state index < -0.39 is 18.4 Å². The molecule has 0 unspecified atom stereocenters. The number of piperazine rings is 1. The third-order valence-corrected chi connectivity index (χ3v) is 25.0. The van der Waals surface area contributed by atoms with Crippen LogP contribution >= 0.6 is 0 Å². The summed E-state index contributed by atoms with van der Waals surface area (Å²) >= 11 is -2.56. The van der Waals surface area contributed by atoms with Crippen LogP contribution in [0.25, 0.3) is 0 Å². The van der Waals surface area contributed by atoms with E-state index in [0.29, 0.717) is 0 Å². The quantitative estimate of drug-likeness (QED) is 0.229. The zero-order chi connectivity index (χ0) is 26.3. The fourth-order valence-electron chi connectivity index (χ4n) is 7.04. The van der Waals surface area contributed by atoms with Gasteiger partial charge in [-0.15, -0.1) is 0 Å². The first-order chi connectivity index (χ1) is 18.0. The number of para-hydroxylation sites is 2. The molecule has 1 aliphatic heterocycles. The zero-order valence-corrected chi connectivity index (χ0v) is 26.6. The van der Waals surface area contributed by atoms with Crippen molar-refractivity contribution < 1.29 is 5.11 Å². The van der Waals surface area contributed by atoms with Gasteiger partial charge in [0.15, 0.2) is 0 Å². The number of nitrogen functional groups attached to an aromatic ring is 1. The average molecular weight is 612 g/mol. The Bertz CT molecular complexity index is 966. The minimum atomic E-state index is -2.56. The van der Waals surface area contributed by atoms with Gasteiger partial charge in [-0.3, -0.25) is 0 Å². The molecule has 2 aromatic carbocycles. The van der Waals surface area contributed by atoms with Gasteiger partial charge in [0, 0.05) is 0 Å². The van der Waals surface area contributed by atoms with Crippen molar-refractivity contribution in [1.82, 2.24) is 4.90 Å². The van der Waals surface area contributed by atoms with Crippen LogP contribution in [0, 0.1) is 0 Å². The Kier molecular flexibility index (Phi) is 10.7. The molecule has 0 saturated carbocycles. The van der Waals surface area contributed by atoms with Crippen LogP contribution in [0.2, 0.25) is 13.3 Å². The monoisotopic (exact) mass is 613 g/mol. The molecule has 2 atom stereocenters. The number of aliphatic hydroxyl groups excluding tert-OH is 1. The Morgan fingerprint density at radius 1 is 0.811 bits per heavy atom. The molecule has 0 amide bonds. The molecule has 1 fully saturated rings. The molecule has 5 heteroatoms. The summed E-state index contributed by atoms with van der Waals surface area (Å²) in [6, 6.07) is 15.7. The Labute approximate surface area is 230 Å². The third kappa shape index (κ3) is 6.67. The molecular formula is C32H51N3OSn. The normalized spacial score (nSPS) is 20.7. The van der Waals surface area contributed by atoms with Gasteiger partial charge >= 0.3 is 225 Å². The number of nitrogens with zero attached hydrogens (tertiary/aromatic N) is 2. The van der Waals surface area contributed by atoms with Crippen molar-refractivity contribution >= 4 is 33.3 Å². The van der Waals surface area contributed by atoms with Gasteiger partial charge in [0.25, 0.3) is 0 Å². The van der Waals surface area contributed by atoms with Gasteiger partial charge in [0.1, 0.15) is 0 Å². The number of anilines is 2. The van der Waals surface area contributed by atoms with Crippen LogP contribution in [0.3, 0.4) is 0 Å². The molecule has 204 valence electrons. The molecule has 0 spiro atoms. The molecule has 37 heavy (non-hydrogen) atoms. The predicted octanol–water partition coefficient (Wildman–Crippen LogP) is 5.98. The van der Waals surface area contributed by atoms with Crippen molar-refractivity contribution in [2.75, 3.05) is 36.8 Å². The Morgan fingerprint density at radius 3 is 2.03 bits per heavy atom. The second kappa shape index (κ2) is 13.7. The average Bonchev–Trinajstić information content (AvgIpc) is 2.93. The summed E-state index contributed by atoms with van der Waals surface area (Å²) in [5.41, 5.74) is 11.4. The SMILES string of the molecule is CCC[CH2][Sn]([CH2]CCC)([CH2]CCC)[c]1cccc2c1C[C@@H](O)[C@H](N1CCN(c3ccccc3N)CC1)C2. The van der Waals surface area contributed by atoms with Gasteiger partial charge in [-0.25, -0.2) is 0 Å². The van der Waals surface area contributed by atoms with E-state index in [4.69, 9.17) is 5.73 Å². The van der Waals surface area contributed by atoms with Gasteiger partial charge in [-0.2, -0.15) is 0 Å². The maximum absolute atomic E-state index is 11.6. The van der Waals surface area contributed by atoms with Crippen LogP contribution in [-0.2, 0) is 12.8 Å². The van der Waals surface area contributed by atoms with Crippen molar-refractivity contribution in [3.8, 4) is 0 Å². The van der Waals surface area contributed by atoms with E-state index >= 15 is 0 Å². The number of hydrogen-bond acceptors (Lipinski definition) is 4. The van der Waals surface area contributed by atoms with Gasteiger partial charge in [0.05, 0.1) is 0 Å². The second-order valence-electron chi connectivity index (χ2n) is 11.7. The number of fused-ring (bicyclic) bond motifs is 1. The molecule has 1 saturated heterocycles. The van der Waals surface area contributed by atoms with E-state index in [0.717, 1.165) is 50.4 Å². The van der Waals surface area contributed by atoms with Crippen molar-refractivity contribution in [2.24, 2.45) is 0 Å². The number of benzene rings is 2. The first-order valence-electron chi connectivity index (χ1n) is 15.2. The number of rotatable bonds is 12. The topological polar surface area (TPSA) is 52.7 Å². The molecule has 3 N–H and O–H groups in total. The Hall–Kier alpha value is -1.24. The molecule has 0 radical (unpaired) electrons. The zero-order valence-electron chi connectivity index (χ0n) is 23.7. The van der Waals surface area contributed by atoms with Crippen LogP contribution in [0.15, 0.2) is 42.5 Å². The van der Waals surface area contributed by atoms with Crippen molar-refractivity contribution in [1.29, 1.82) is 0 Å². The Balaban J connectivity index is 1.54. The van der Waals surface area contributed by atoms with E-state index in [2.05, 4.69) is 60.9 Å². The van der Waals surface area contributed by atoms with Crippen LogP contribution in [0.4, 0.5) is 11.4 Å². The molecule has 1 aliphatic carbocycles. The standard InChI is InChI=1S/C20H24N3O.3C4H9.Sn/c21-17-7-3-4-8-18(17)22-9-11-23(12-10-22)19-13-15-5-1-2-6-16(15)14-20(19)24;3*1-3-4-2;/h1-5,7-8,19-20,24H,9-14,21H2;3*1,3-4H2,2H3;/t19-,20-;;;;/m1..../s1. The number of aliphatic hydroxyl groups is 1. The number of hydrogen-bond donors (Lipinski definition) is 2. The van der Waals surface area contributed by atoms with E-state index in [1.165, 1.54) is 57.4 Å². The molecule has 0 bridgehead atoms. The van der Waals surface area contributed by atoms with E-state index in [-0.39, 0.29) is 12.1 Å². The van der Waals surface area contributed by atoms with E-state index in [1.54, 1.807) is 9.14 Å². The molecule has 4 rings (SSSR count). The summed E-state index contributed by atoms with van der Waals surface area (Å²) in [7, 11) is 0. The fourth-order valence-corrected chi connectivity index (χ4v) is 24.2. The minimum absolute atomic E-state index is 0.226. The van der Waals surface area contributed by atoms with Crippen LogP contribution in [-0.4, -0.2) is 66.7 Å².